The Morgan fingerprint density at radius 2 is 1.94 bits per heavy atom. The first-order valence-corrected chi connectivity index (χ1v) is 13.3. The predicted molar refractivity (Wildman–Crippen MR) is 128 cm³/mol. The summed E-state index contributed by atoms with van der Waals surface area (Å²) < 4.78 is 53.1. The van der Waals surface area contributed by atoms with Crippen LogP contribution in [0.4, 0.5) is 8.78 Å². The molecule has 0 unspecified atom stereocenters. The number of rotatable bonds is 7. The van der Waals surface area contributed by atoms with Crippen LogP contribution in [0, 0.1) is 29.4 Å². The van der Waals surface area contributed by atoms with Crippen LogP contribution in [-0.2, 0) is 14.6 Å². The number of likely N-dealkylation sites (tertiary alicyclic amines) is 1. The Bertz CT molecular complexity index is 1400. The van der Waals surface area contributed by atoms with Crippen LogP contribution in [0.1, 0.15) is 42.2 Å². The van der Waals surface area contributed by atoms with Crippen LogP contribution in [-0.4, -0.2) is 54.2 Å². The van der Waals surface area contributed by atoms with Crippen LogP contribution >= 0.6 is 11.6 Å². The van der Waals surface area contributed by atoms with E-state index in [1.165, 1.54) is 43.0 Å². The maximum absolute atomic E-state index is 14.5. The van der Waals surface area contributed by atoms with Crippen molar-refractivity contribution in [2.75, 3.05) is 5.75 Å². The Morgan fingerprint density at radius 1 is 1.22 bits per heavy atom. The molecule has 0 spiro atoms. The van der Waals surface area contributed by atoms with Gasteiger partial charge < -0.3 is 15.3 Å². The molecule has 1 saturated heterocycles. The lowest BCUT2D eigenvalue weighted by atomic mass is 9.92. The molecule has 0 saturated carbocycles. The number of carbonyl (C=O) groups is 2. The Labute approximate surface area is 212 Å². The molecule has 1 heterocycles. The van der Waals surface area contributed by atoms with Gasteiger partial charge in [0.1, 0.15) is 23.7 Å². The summed E-state index contributed by atoms with van der Waals surface area (Å²) >= 11 is 5.62. The fourth-order valence-corrected chi connectivity index (χ4v) is 5.47. The maximum Gasteiger partial charge on any atom is 0.255 e. The van der Waals surface area contributed by atoms with Gasteiger partial charge in [-0.2, -0.15) is 0 Å². The fourth-order valence-electron chi connectivity index (χ4n) is 4.40. The third kappa shape index (κ3) is 4.71. The zero-order valence-electron chi connectivity index (χ0n) is 19.3. The quantitative estimate of drug-likeness (QED) is 0.418. The normalized spacial score (nSPS) is 22.1. The van der Waals surface area contributed by atoms with Crippen molar-refractivity contribution in [3.63, 3.8) is 0 Å². The predicted octanol–water partition coefficient (Wildman–Crippen LogP) is 2.87. The van der Waals surface area contributed by atoms with E-state index in [0.29, 0.717) is 0 Å². The second-order valence-corrected chi connectivity index (χ2v) is 11.4. The number of amides is 2. The lowest BCUT2D eigenvalue weighted by Crippen LogP contribution is -2.51. The molecular weight excluding hydrogens is 514 g/mol. The molecule has 0 radical (unpaired) electrons. The van der Waals surface area contributed by atoms with Crippen molar-refractivity contribution in [1.82, 2.24) is 10.2 Å². The number of fused-ring (bicyclic) bond motifs is 1. The van der Waals surface area contributed by atoms with E-state index in [2.05, 4.69) is 17.2 Å². The number of aliphatic hydroxyl groups excluding tert-OH is 1. The highest BCUT2D eigenvalue weighted by Crippen LogP contribution is 2.36. The first-order chi connectivity index (χ1) is 16.9. The molecule has 1 fully saturated rings. The number of hydrogen-bond donors (Lipinski definition) is 2. The summed E-state index contributed by atoms with van der Waals surface area (Å²) in [6, 6.07) is 4.21. The molecule has 1 aliphatic carbocycles. The fraction of sp³-hybridized carbons (Fsp3) is 0.360. The van der Waals surface area contributed by atoms with Gasteiger partial charge in [-0.1, -0.05) is 36.4 Å². The minimum atomic E-state index is -3.57. The number of carbonyl (C=O) groups excluding carboxylic acids is 2. The van der Waals surface area contributed by atoms with Crippen LogP contribution in [0.5, 0.6) is 0 Å². The standard InChI is InChI=1S/C25H23ClF2N2O5S/c1-3-36(34,35)16-6-4-5-15(9-16)25(33)30-21-8-7-14(21)10-22(30)24(32)29-23(13(2)31)17-11-20(28)18(26)12-19(17)27/h4-6,9,11-14,21-23,31H,3,10H2,1-2H3,(H,29,32)/t13-,14+,21+,22+,23+/m0/s1. The summed E-state index contributed by atoms with van der Waals surface area (Å²) in [5.74, 6) is 2.26. The molecule has 36 heavy (non-hydrogen) atoms. The van der Waals surface area contributed by atoms with Crippen LogP contribution < -0.4 is 5.32 Å². The largest absolute Gasteiger partial charge is 0.391 e. The number of nitrogens with one attached hydrogen (secondary N) is 1. The van der Waals surface area contributed by atoms with Crippen LogP contribution in [0.15, 0.2) is 41.3 Å². The average molecular weight is 537 g/mol. The molecule has 7 nitrogen and oxygen atoms in total. The molecule has 2 amide bonds. The van der Waals surface area contributed by atoms with Gasteiger partial charge in [0.05, 0.1) is 33.7 Å². The third-order valence-electron chi connectivity index (χ3n) is 6.42. The SMILES string of the molecule is CCS(=O)(=O)c1cccc(C(=O)N2[C@@H](C(=O)N[C@@H](c3cc(F)c(Cl)cc3F)[C@H](C)O)C[C@H]3C#C[C@H]32)c1. The molecule has 190 valence electrons. The molecule has 2 aromatic carbocycles. The molecule has 5 atom stereocenters. The molecule has 0 aromatic heterocycles. The van der Waals surface area contributed by atoms with Crippen molar-refractivity contribution >= 4 is 33.3 Å². The highest BCUT2D eigenvalue weighted by molar-refractivity contribution is 7.91. The minimum Gasteiger partial charge on any atom is -0.391 e. The van der Waals surface area contributed by atoms with Crippen molar-refractivity contribution in [3.8, 4) is 11.8 Å². The lowest BCUT2D eigenvalue weighted by Gasteiger charge is -2.31. The Morgan fingerprint density at radius 3 is 2.56 bits per heavy atom. The van der Waals surface area contributed by atoms with Crippen molar-refractivity contribution in [2.24, 2.45) is 5.92 Å². The molecule has 2 aliphatic rings. The van der Waals surface area contributed by atoms with Crippen molar-refractivity contribution < 1.29 is 31.9 Å². The number of sulfone groups is 1. The van der Waals surface area contributed by atoms with Gasteiger partial charge in [-0.05, 0) is 43.7 Å². The van der Waals surface area contributed by atoms with Gasteiger partial charge in [-0.15, -0.1) is 0 Å². The van der Waals surface area contributed by atoms with E-state index in [4.69, 9.17) is 11.6 Å². The van der Waals surface area contributed by atoms with Crippen molar-refractivity contribution in [1.29, 1.82) is 0 Å². The Hall–Kier alpha value is -3.00. The van der Waals surface area contributed by atoms with E-state index in [0.717, 1.165) is 12.1 Å². The molecule has 2 aromatic rings. The van der Waals surface area contributed by atoms with Crippen molar-refractivity contribution in [2.45, 2.75) is 49.4 Å². The van der Waals surface area contributed by atoms with Crippen LogP contribution in [0.3, 0.4) is 0 Å². The highest BCUT2D eigenvalue weighted by atomic mass is 35.5. The summed E-state index contributed by atoms with van der Waals surface area (Å²) in [5, 5.41) is 12.3. The Kier molecular flexibility index (Phi) is 7.10. The lowest BCUT2D eigenvalue weighted by molar-refractivity contribution is -0.126. The van der Waals surface area contributed by atoms with Gasteiger partial charge in [-0.3, -0.25) is 9.59 Å². The molecule has 1 aliphatic heterocycles. The summed E-state index contributed by atoms with van der Waals surface area (Å²) in [6.45, 7) is 2.80. The first-order valence-electron chi connectivity index (χ1n) is 11.2. The van der Waals surface area contributed by atoms with Crippen LogP contribution in [0.25, 0.3) is 0 Å². The molecule has 0 bridgehead atoms. The molecule has 11 heteroatoms. The monoisotopic (exact) mass is 536 g/mol. The number of hydrogen-bond acceptors (Lipinski definition) is 5. The summed E-state index contributed by atoms with van der Waals surface area (Å²) in [5.41, 5.74) is -0.220. The second kappa shape index (κ2) is 9.81. The van der Waals surface area contributed by atoms with E-state index < -0.39 is 62.5 Å². The average Bonchev–Trinajstić information content (AvgIpc) is 3.09. The number of halogens is 3. The van der Waals surface area contributed by atoms with Crippen LogP contribution in [0.2, 0.25) is 5.02 Å². The topological polar surface area (TPSA) is 104 Å². The van der Waals surface area contributed by atoms with E-state index in [-0.39, 0.29) is 34.1 Å². The Balaban J connectivity index is 1.63. The zero-order valence-corrected chi connectivity index (χ0v) is 20.9. The summed E-state index contributed by atoms with van der Waals surface area (Å²) in [7, 11) is -3.57. The minimum absolute atomic E-state index is 0.0123. The smallest absolute Gasteiger partial charge is 0.255 e. The summed E-state index contributed by atoms with van der Waals surface area (Å²) in [4.78, 5) is 28.1. The first kappa shape index (κ1) is 26.1. The molecule has 2 N–H and O–H groups in total. The van der Waals surface area contributed by atoms with Gasteiger partial charge in [0.15, 0.2) is 9.84 Å². The van der Waals surface area contributed by atoms with Gasteiger partial charge >= 0.3 is 0 Å². The van der Waals surface area contributed by atoms with E-state index in [9.17, 15) is 31.9 Å². The number of benzene rings is 2. The maximum atomic E-state index is 14.5. The van der Waals surface area contributed by atoms with Gasteiger partial charge in [0, 0.05) is 11.1 Å². The van der Waals surface area contributed by atoms with Gasteiger partial charge in [0.2, 0.25) is 5.91 Å². The van der Waals surface area contributed by atoms with E-state index in [1.807, 2.05) is 0 Å². The highest BCUT2D eigenvalue weighted by Gasteiger charge is 2.49. The molecular formula is C25H23ClF2N2O5S. The van der Waals surface area contributed by atoms with Gasteiger partial charge in [-0.25, -0.2) is 17.2 Å². The van der Waals surface area contributed by atoms with E-state index >= 15 is 0 Å². The third-order valence-corrected chi connectivity index (χ3v) is 8.44. The molecule has 4 rings (SSSR count). The van der Waals surface area contributed by atoms with E-state index in [1.54, 1.807) is 0 Å². The summed E-state index contributed by atoms with van der Waals surface area (Å²) in [6.07, 6.45) is -1.11. The zero-order chi connectivity index (χ0) is 26.4. The van der Waals surface area contributed by atoms with Crippen molar-refractivity contribution in [3.05, 3.63) is 64.2 Å². The van der Waals surface area contributed by atoms with Gasteiger partial charge in [0.25, 0.3) is 5.91 Å². The number of nitrogens with zero attached hydrogens (tertiary/aromatic N) is 1. The number of aliphatic hydroxyl groups is 1. The second-order valence-electron chi connectivity index (χ2n) is 8.75.